The molecule has 0 saturated heterocycles. The van der Waals surface area contributed by atoms with Crippen LogP contribution in [0.3, 0.4) is 0 Å². The van der Waals surface area contributed by atoms with Gasteiger partial charge in [0.05, 0.1) is 0 Å². The molecule has 1 saturated carbocycles. The second-order valence-electron chi connectivity index (χ2n) is 3.61. The summed E-state index contributed by atoms with van der Waals surface area (Å²) in [6.07, 6.45) is 11.4. The van der Waals surface area contributed by atoms with Gasteiger partial charge in [-0.25, -0.2) is 4.57 Å². The lowest BCUT2D eigenvalue weighted by atomic mass is 9.95. The summed E-state index contributed by atoms with van der Waals surface area (Å²) < 4.78 is 2.36. The molecule has 0 spiro atoms. The summed E-state index contributed by atoms with van der Waals surface area (Å²) in [5.74, 6) is 0. The minimum absolute atomic E-state index is 0. The standard InChI is InChI=1S/C11H16N.ClH/c1-3-7-11(8-4-1)12-9-5-2-6-10-12;/h2,5-6,9-11H,1,3-4,7-8H2;1H/q+1;/p-1. The van der Waals surface area contributed by atoms with E-state index >= 15 is 0 Å². The number of nitrogens with zero attached hydrogens (tertiary/aromatic N) is 1. The van der Waals surface area contributed by atoms with Crippen molar-refractivity contribution in [3.63, 3.8) is 0 Å². The van der Waals surface area contributed by atoms with Crippen molar-refractivity contribution in [1.82, 2.24) is 0 Å². The van der Waals surface area contributed by atoms with E-state index < -0.39 is 0 Å². The van der Waals surface area contributed by atoms with Crippen LogP contribution in [-0.4, -0.2) is 0 Å². The highest BCUT2D eigenvalue weighted by atomic mass is 35.5. The molecule has 1 aromatic rings. The maximum atomic E-state index is 2.36. The quantitative estimate of drug-likeness (QED) is 0.534. The molecular formula is C11H16ClN. The second kappa shape index (κ2) is 5.23. The fourth-order valence-corrected chi connectivity index (χ4v) is 2.03. The predicted molar refractivity (Wildman–Crippen MR) is 48.8 cm³/mol. The van der Waals surface area contributed by atoms with E-state index in [0.717, 1.165) is 6.04 Å². The van der Waals surface area contributed by atoms with E-state index in [4.69, 9.17) is 0 Å². The zero-order valence-corrected chi connectivity index (χ0v) is 8.58. The SMILES string of the molecule is [Cl-].c1cc[n+](C2CCCCC2)cc1. The Hall–Kier alpha value is -0.560. The summed E-state index contributed by atoms with van der Waals surface area (Å²) in [7, 11) is 0. The van der Waals surface area contributed by atoms with E-state index in [1.807, 2.05) is 0 Å². The molecule has 0 radical (unpaired) electrons. The molecule has 2 rings (SSSR count). The molecule has 0 atom stereocenters. The van der Waals surface area contributed by atoms with Gasteiger partial charge in [-0.2, -0.15) is 0 Å². The second-order valence-corrected chi connectivity index (χ2v) is 3.61. The Kier molecular flexibility index (Phi) is 4.23. The van der Waals surface area contributed by atoms with Crippen molar-refractivity contribution >= 4 is 0 Å². The van der Waals surface area contributed by atoms with E-state index in [0.29, 0.717) is 0 Å². The third-order valence-electron chi connectivity index (χ3n) is 2.73. The Balaban J connectivity index is 0.000000845. The van der Waals surface area contributed by atoms with Gasteiger partial charge in [0.15, 0.2) is 18.4 Å². The van der Waals surface area contributed by atoms with Gasteiger partial charge in [0.25, 0.3) is 0 Å². The highest BCUT2D eigenvalue weighted by Gasteiger charge is 2.20. The van der Waals surface area contributed by atoms with E-state index in [9.17, 15) is 0 Å². The van der Waals surface area contributed by atoms with Gasteiger partial charge in [0.1, 0.15) is 0 Å². The first-order valence-corrected chi connectivity index (χ1v) is 4.92. The van der Waals surface area contributed by atoms with Crippen LogP contribution in [0.1, 0.15) is 38.1 Å². The Labute approximate surface area is 86.2 Å². The lowest BCUT2D eigenvalue weighted by Crippen LogP contribution is -3.00. The molecule has 0 amide bonds. The van der Waals surface area contributed by atoms with Crippen molar-refractivity contribution in [3.8, 4) is 0 Å². The molecular weight excluding hydrogens is 182 g/mol. The molecule has 13 heavy (non-hydrogen) atoms. The fraction of sp³-hybridized carbons (Fsp3) is 0.545. The largest absolute Gasteiger partial charge is 1.00 e. The molecule has 1 aliphatic rings. The molecule has 0 aliphatic heterocycles. The summed E-state index contributed by atoms with van der Waals surface area (Å²) in [6, 6.07) is 7.10. The average molecular weight is 198 g/mol. The van der Waals surface area contributed by atoms with E-state index in [1.54, 1.807) is 0 Å². The number of pyridine rings is 1. The molecule has 0 unspecified atom stereocenters. The highest BCUT2D eigenvalue weighted by molar-refractivity contribution is 4.84. The highest BCUT2D eigenvalue weighted by Crippen LogP contribution is 2.22. The maximum Gasteiger partial charge on any atom is 0.169 e. The third-order valence-corrected chi connectivity index (χ3v) is 2.73. The monoisotopic (exact) mass is 197 g/mol. The predicted octanol–water partition coefficient (Wildman–Crippen LogP) is -0.517. The van der Waals surface area contributed by atoms with Crippen molar-refractivity contribution in [2.45, 2.75) is 38.1 Å². The lowest BCUT2D eigenvalue weighted by Gasteiger charge is -2.16. The van der Waals surface area contributed by atoms with Crippen LogP contribution < -0.4 is 17.0 Å². The fourth-order valence-electron chi connectivity index (χ4n) is 2.03. The summed E-state index contributed by atoms with van der Waals surface area (Å²) >= 11 is 0. The molecule has 1 aromatic heterocycles. The summed E-state index contributed by atoms with van der Waals surface area (Å²) in [5, 5.41) is 0. The van der Waals surface area contributed by atoms with Gasteiger partial charge < -0.3 is 12.4 Å². The number of halogens is 1. The molecule has 72 valence electrons. The van der Waals surface area contributed by atoms with E-state index in [-0.39, 0.29) is 12.4 Å². The van der Waals surface area contributed by atoms with Gasteiger partial charge >= 0.3 is 0 Å². The van der Waals surface area contributed by atoms with Crippen molar-refractivity contribution < 1.29 is 17.0 Å². The number of hydrogen-bond donors (Lipinski definition) is 0. The van der Waals surface area contributed by atoms with Crippen LogP contribution in [0.15, 0.2) is 30.6 Å². The van der Waals surface area contributed by atoms with Crippen LogP contribution in [0, 0.1) is 0 Å². The smallest absolute Gasteiger partial charge is 0.169 e. The van der Waals surface area contributed by atoms with Crippen LogP contribution in [0.2, 0.25) is 0 Å². The molecule has 1 nitrogen and oxygen atoms in total. The maximum absolute atomic E-state index is 2.36. The van der Waals surface area contributed by atoms with E-state index in [2.05, 4.69) is 35.2 Å². The van der Waals surface area contributed by atoms with Gasteiger partial charge in [-0.1, -0.05) is 12.5 Å². The molecule has 0 N–H and O–H groups in total. The Morgan fingerprint density at radius 2 is 1.46 bits per heavy atom. The first kappa shape index (κ1) is 10.5. The summed E-state index contributed by atoms with van der Waals surface area (Å²) in [5.41, 5.74) is 0. The lowest BCUT2D eigenvalue weighted by molar-refractivity contribution is -0.725. The zero-order chi connectivity index (χ0) is 8.23. The number of hydrogen-bond acceptors (Lipinski definition) is 0. The van der Waals surface area contributed by atoms with Crippen LogP contribution in [0.4, 0.5) is 0 Å². The molecule has 1 heterocycles. The van der Waals surface area contributed by atoms with Crippen molar-refractivity contribution in [3.05, 3.63) is 30.6 Å². The van der Waals surface area contributed by atoms with Gasteiger partial charge in [-0.05, 0) is 12.8 Å². The Bertz CT molecular complexity index is 229. The molecule has 2 heteroatoms. The third kappa shape index (κ3) is 2.70. The molecule has 0 bridgehead atoms. The molecule has 0 aromatic carbocycles. The van der Waals surface area contributed by atoms with Crippen LogP contribution >= 0.6 is 0 Å². The van der Waals surface area contributed by atoms with Crippen LogP contribution in [-0.2, 0) is 0 Å². The summed E-state index contributed by atoms with van der Waals surface area (Å²) in [4.78, 5) is 0. The molecule has 1 aliphatic carbocycles. The first-order valence-electron chi connectivity index (χ1n) is 4.92. The Morgan fingerprint density at radius 3 is 2.08 bits per heavy atom. The zero-order valence-electron chi connectivity index (χ0n) is 7.82. The van der Waals surface area contributed by atoms with Crippen molar-refractivity contribution in [2.75, 3.05) is 0 Å². The minimum Gasteiger partial charge on any atom is -1.00 e. The van der Waals surface area contributed by atoms with Gasteiger partial charge in [-0.3, -0.25) is 0 Å². The first-order chi connectivity index (χ1) is 5.97. The average Bonchev–Trinajstić information content (AvgIpc) is 2.21. The van der Waals surface area contributed by atoms with Gasteiger partial charge in [-0.15, -0.1) is 0 Å². The minimum atomic E-state index is 0. The normalized spacial score (nSPS) is 17.8. The summed E-state index contributed by atoms with van der Waals surface area (Å²) in [6.45, 7) is 0. The van der Waals surface area contributed by atoms with Gasteiger partial charge in [0, 0.05) is 25.0 Å². The topological polar surface area (TPSA) is 3.88 Å². The Morgan fingerprint density at radius 1 is 0.846 bits per heavy atom. The number of aromatic nitrogens is 1. The van der Waals surface area contributed by atoms with Crippen LogP contribution in [0.5, 0.6) is 0 Å². The van der Waals surface area contributed by atoms with Crippen molar-refractivity contribution in [1.29, 1.82) is 0 Å². The van der Waals surface area contributed by atoms with Gasteiger partial charge in [0.2, 0.25) is 0 Å². The van der Waals surface area contributed by atoms with E-state index in [1.165, 1.54) is 32.1 Å². The molecule has 1 fully saturated rings. The van der Waals surface area contributed by atoms with Crippen molar-refractivity contribution in [2.24, 2.45) is 0 Å². The number of rotatable bonds is 1. The van der Waals surface area contributed by atoms with Crippen LogP contribution in [0.25, 0.3) is 0 Å².